The average Bonchev–Trinajstić information content (AvgIpc) is 3.16. The van der Waals surface area contributed by atoms with Gasteiger partial charge in [-0.15, -0.1) is 17.9 Å². The van der Waals surface area contributed by atoms with Crippen LogP contribution in [0.1, 0.15) is 42.7 Å². The maximum absolute atomic E-state index is 13.5. The summed E-state index contributed by atoms with van der Waals surface area (Å²) in [6.07, 6.45) is 3.83. The van der Waals surface area contributed by atoms with E-state index in [1.54, 1.807) is 12.1 Å². The second-order valence-electron chi connectivity index (χ2n) is 6.25. The van der Waals surface area contributed by atoms with Crippen LogP contribution in [0.3, 0.4) is 0 Å². The van der Waals surface area contributed by atoms with Gasteiger partial charge >= 0.3 is 0 Å². The summed E-state index contributed by atoms with van der Waals surface area (Å²) >= 11 is 1.45. The van der Waals surface area contributed by atoms with Gasteiger partial charge in [0.1, 0.15) is 0 Å². The van der Waals surface area contributed by atoms with E-state index in [0.717, 1.165) is 16.9 Å². The molecule has 0 saturated heterocycles. The molecule has 0 fully saturated rings. The van der Waals surface area contributed by atoms with Crippen LogP contribution in [-0.2, 0) is 0 Å². The Kier molecular flexibility index (Phi) is 7.57. The van der Waals surface area contributed by atoms with Crippen molar-refractivity contribution in [1.82, 2.24) is 0 Å². The normalized spacial score (nSPS) is 15.5. The van der Waals surface area contributed by atoms with E-state index in [1.807, 2.05) is 30.5 Å². The maximum atomic E-state index is 13.5. The van der Waals surface area contributed by atoms with E-state index >= 15 is 0 Å². The lowest BCUT2D eigenvalue weighted by Gasteiger charge is -2.24. The molecule has 0 radical (unpaired) electrons. The Balaban J connectivity index is 2.02. The molecule has 5 heteroatoms. The minimum Gasteiger partial charge on any atom is -0.505 e. The molecule has 3 atom stereocenters. The number of hydrogen-bond acceptors (Lipinski definition) is 4. The van der Waals surface area contributed by atoms with Gasteiger partial charge in [0, 0.05) is 10.8 Å². The molecule has 3 nitrogen and oxygen atoms in total. The summed E-state index contributed by atoms with van der Waals surface area (Å²) in [5.74, 6) is -1.47. The lowest BCUT2D eigenvalue weighted by Crippen LogP contribution is -2.24. The second-order valence-corrected chi connectivity index (χ2v) is 7.23. The highest BCUT2D eigenvalue weighted by atomic mass is 32.1. The maximum Gasteiger partial charge on any atom is 0.165 e. The number of hydrogen-bond donors (Lipinski definition) is 3. The molecule has 2 aromatic rings. The molecule has 0 aliphatic carbocycles. The molecule has 2 rings (SSSR count). The van der Waals surface area contributed by atoms with Gasteiger partial charge in [0.25, 0.3) is 0 Å². The summed E-state index contributed by atoms with van der Waals surface area (Å²) < 4.78 is 13.5. The average molecular weight is 376 g/mol. The van der Waals surface area contributed by atoms with Crippen molar-refractivity contribution in [2.24, 2.45) is 5.92 Å². The summed E-state index contributed by atoms with van der Waals surface area (Å²) in [6.45, 7) is 5.75. The molecular formula is C21H25FO3S. The van der Waals surface area contributed by atoms with Crippen LogP contribution in [0.2, 0.25) is 0 Å². The molecular weight excluding hydrogens is 351 g/mol. The number of rotatable bonds is 9. The summed E-state index contributed by atoms with van der Waals surface area (Å²) in [5.41, 5.74) is 1.73. The zero-order valence-corrected chi connectivity index (χ0v) is 15.6. The fraction of sp³-hybridized carbons (Fsp3) is 0.333. The number of aromatic hydroxyl groups is 1. The molecule has 0 aliphatic heterocycles. The molecule has 26 heavy (non-hydrogen) atoms. The summed E-state index contributed by atoms with van der Waals surface area (Å²) in [4.78, 5) is 0.805. The lowest BCUT2D eigenvalue weighted by atomic mass is 9.90. The highest BCUT2D eigenvalue weighted by molar-refractivity contribution is 7.10. The molecule has 0 aliphatic rings. The molecule has 0 saturated carbocycles. The Labute approximate surface area is 157 Å². The monoisotopic (exact) mass is 376 g/mol. The summed E-state index contributed by atoms with van der Waals surface area (Å²) in [5, 5.41) is 32.1. The van der Waals surface area contributed by atoms with Crippen LogP contribution in [-0.4, -0.2) is 21.4 Å². The van der Waals surface area contributed by atoms with Gasteiger partial charge in [-0.05, 0) is 48.4 Å². The van der Waals surface area contributed by atoms with Crippen LogP contribution in [0, 0.1) is 11.7 Å². The van der Waals surface area contributed by atoms with E-state index in [-0.39, 0.29) is 5.75 Å². The van der Waals surface area contributed by atoms with Gasteiger partial charge in [-0.25, -0.2) is 4.39 Å². The van der Waals surface area contributed by atoms with Gasteiger partial charge < -0.3 is 15.3 Å². The fourth-order valence-corrected chi connectivity index (χ4v) is 3.64. The van der Waals surface area contributed by atoms with E-state index in [0.29, 0.717) is 18.4 Å². The Morgan fingerprint density at radius 2 is 2.08 bits per heavy atom. The number of phenols is 1. The Bertz CT molecular complexity index is 740. The number of aliphatic hydroxyl groups is 2. The molecule has 0 bridgehead atoms. The number of thiophene rings is 1. The molecule has 3 N–H and O–H groups in total. The molecule has 1 aromatic carbocycles. The molecule has 0 unspecified atom stereocenters. The third-order valence-electron chi connectivity index (χ3n) is 4.47. The van der Waals surface area contributed by atoms with Gasteiger partial charge in [0.05, 0.1) is 12.2 Å². The van der Waals surface area contributed by atoms with Gasteiger partial charge in [-0.1, -0.05) is 36.8 Å². The molecule has 1 aromatic heterocycles. The van der Waals surface area contributed by atoms with Crippen LogP contribution in [0.4, 0.5) is 4.39 Å². The first-order chi connectivity index (χ1) is 12.5. The summed E-state index contributed by atoms with van der Waals surface area (Å²) in [7, 11) is 0. The first-order valence-corrected chi connectivity index (χ1v) is 9.54. The summed E-state index contributed by atoms with van der Waals surface area (Å²) in [6, 6.07) is 7.97. The van der Waals surface area contributed by atoms with Crippen molar-refractivity contribution < 1.29 is 19.7 Å². The molecule has 0 amide bonds. The van der Waals surface area contributed by atoms with E-state index in [2.05, 4.69) is 6.58 Å². The molecule has 1 heterocycles. The van der Waals surface area contributed by atoms with Crippen molar-refractivity contribution in [2.75, 3.05) is 0 Å². The van der Waals surface area contributed by atoms with Crippen molar-refractivity contribution in [3.05, 3.63) is 70.2 Å². The predicted octanol–water partition coefficient (Wildman–Crippen LogP) is 5.06. The number of halogens is 1. The number of benzene rings is 1. The van der Waals surface area contributed by atoms with Crippen LogP contribution in [0.25, 0.3) is 6.08 Å². The SMILES string of the molecule is C=C[C@H]([C@H](O)CC/C(=C/c1ccc(O)c(F)c1)CC)[C@H](O)c1cccs1. The van der Waals surface area contributed by atoms with Crippen molar-refractivity contribution in [3.8, 4) is 5.75 Å². The van der Waals surface area contributed by atoms with Crippen molar-refractivity contribution >= 4 is 17.4 Å². The van der Waals surface area contributed by atoms with Crippen LogP contribution in [0.15, 0.2) is 53.9 Å². The van der Waals surface area contributed by atoms with Crippen LogP contribution >= 0.6 is 11.3 Å². The third-order valence-corrected chi connectivity index (χ3v) is 5.42. The third kappa shape index (κ3) is 5.27. The number of allylic oxidation sites excluding steroid dienone is 1. The number of phenolic OH excluding ortho intramolecular Hbond substituents is 1. The Hall–Kier alpha value is -1.95. The van der Waals surface area contributed by atoms with E-state index in [9.17, 15) is 19.7 Å². The van der Waals surface area contributed by atoms with E-state index < -0.39 is 23.9 Å². The van der Waals surface area contributed by atoms with E-state index in [4.69, 9.17) is 0 Å². The Morgan fingerprint density at radius 1 is 1.31 bits per heavy atom. The zero-order chi connectivity index (χ0) is 19.1. The van der Waals surface area contributed by atoms with Crippen molar-refractivity contribution in [3.63, 3.8) is 0 Å². The van der Waals surface area contributed by atoms with Gasteiger partial charge in [0.2, 0.25) is 0 Å². The standard InChI is InChI=1S/C21H25FO3S/c1-3-14(12-15-8-10-19(24)17(22)13-15)7-9-18(23)16(4-2)21(25)20-6-5-11-26-20/h4-6,8,10-13,16,18,21,23-25H,2-3,7,9H2,1H3/b14-12+/t16-,18-,21+/m1/s1. The molecule has 140 valence electrons. The Morgan fingerprint density at radius 3 is 2.65 bits per heavy atom. The van der Waals surface area contributed by atoms with E-state index in [1.165, 1.54) is 23.5 Å². The van der Waals surface area contributed by atoms with Gasteiger partial charge in [0.15, 0.2) is 11.6 Å². The van der Waals surface area contributed by atoms with Gasteiger partial charge in [-0.3, -0.25) is 0 Å². The van der Waals surface area contributed by atoms with Crippen molar-refractivity contribution in [1.29, 1.82) is 0 Å². The second kappa shape index (κ2) is 9.67. The first-order valence-electron chi connectivity index (χ1n) is 8.66. The molecule has 0 spiro atoms. The predicted molar refractivity (Wildman–Crippen MR) is 105 cm³/mol. The zero-order valence-electron chi connectivity index (χ0n) is 14.8. The highest BCUT2D eigenvalue weighted by Gasteiger charge is 2.26. The largest absolute Gasteiger partial charge is 0.505 e. The van der Waals surface area contributed by atoms with Crippen LogP contribution < -0.4 is 0 Å². The lowest BCUT2D eigenvalue weighted by molar-refractivity contribution is 0.0336. The van der Waals surface area contributed by atoms with Crippen molar-refractivity contribution in [2.45, 2.75) is 38.4 Å². The van der Waals surface area contributed by atoms with Gasteiger partial charge in [-0.2, -0.15) is 0 Å². The fourth-order valence-electron chi connectivity index (χ4n) is 2.87. The quantitative estimate of drug-likeness (QED) is 0.536. The highest BCUT2D eigenvalue weighted by Crippen LogP contribution is 2.31. The smallest absolute Gasteiger partial charge is 0.165 e. The topological polar surface area (TPSA) is 60.7 Å². The minimum absolute atomic E-state index is 0.369. The number of aliphatic hydroxyl groups excluding tert-OH is 2. The van der Waals surface area contributed by atoms with Crippen LogP contribution in [0.5, 0.6) is 5.75 Å². The first kappa shape index (κ1) is 20.4. The minimum atomic E-state index is -0.775.